The van der Waals surface area contributed by atoms with Gasteiger partial charge in [0, 0.05) is 35.2 Å². The van der Waals surface area contributed by atoms with Gasteiger partial charge in [-0.25, -0.2) is 0 Å². The molecule has 6 heteroatoms. The van der Waals surface area contributed by atoms with E-state index < -0.39 is 6.97 Å². The Hall–Kier alpha value is -2.50. The van der Waals surface area contributed by atoms with E-state index in [0.717, 1.165) is 57.6 Å². The first kappa shape index (κ1) is 20.8. The monoisotopic (exact) mass is 409 g/mol. The SMILES string of the molecule is CCC1=C(C)C2=C(c3cc(C)nc(C)c3)c3c(C)c(CC)c(C)n3[B-](F)(F)[N+]2=C1C. The third kappa shape index (κ3) is 2.55. The minimum absolute atomic E-state index is 0.662. The second kappa shape index (κ2) is 6.76. The molecule has 30 heavy (non-hydrogen) atoms. The largest absolute Gasteiger partial charge is 0.737 e. The van der Waals surface area contributed by atoms with E-state index in [1.807, 2.05) is 67.5 Å². The molecule has 0 saturated heterocycles. The topological polar surface area (TPSA) is 20.8 Å². The molecule has 2 aliphatic heterocycles. The third-order valence-electron chi connectivity index (χ3n) is 6.87. The fourth-order valence-electron chi connectivity index (χ4n) is 5.73. The molecular formula is C24H30BF2N3. The van der Waals surface area contributed by atoms with Crippen LogP contribution in [-0.4, -0.2) is 26.6 Å². The number of hydrogen-bond donors (Lipinski definition) is 0. The molecule has 0 amide bonds. The first-order valence-corrected chi connectivity index (χ1v) is 10.8. The minimum Gasteiger partial charge on any atom is -0.393 e. The lowest BCUT2D eigenvalue weighted by Crippen LogP contribution is -2.51. The van der Waals surface area contributed by atoms with E-state index in [4.69, 9.17) is 0 Å². The van der Waals surface area contributed by atoms with Gasteiger partial charge in [-0.05, 0) is 82.0 Å². The fourth-order valence-corrected chi connectivity index (χ4v) is 5.73. The molecule has 0 spiro atoms. The Balaban J connectivity index is 2.25. The molecule has 0 aliphatic carbocycles. The number of allylic oxidation sites excluding steroid dienone is 2. The first-order chi connectivity index (χ1) is 14.1. The van der Waals surface area contributed by atoms with Gasteiger partial charge in [-0.1, -0.05) is 13.8 Å². The molecule has 2 aromatic rings. The number of rotatable bonds is 3. The molecule has 0 saturated carbocycles. The van der Waals surface area contributed by atoms with Crippen molar-refractivity contribution in [3.8, 4) is 0 Å². The maximum atomic E-state index is 16.2. The van der Waals surface area contributed by atoms with Gasteiger partial charge < -0.3 is 17.6 Å². The second-order valence-corrected chi connectivity index (χ2v) is 8.62. The maximum Gasteiger partial charge on any atom is 0.737 e. The summed E-state index contributed by atoms with van der Waals surface area (Å²) in [6.45, 7) is 11.7. The molecule has 4 heterocycles. The van der Waals surface area contributed by atoms with Gasteiger partial charge in [-0.2, -0.15) is 0 Å². The third-order valence-corrected chi connectivity index (χ3v) is 6.87. The molecule has 2 aliphatic rings. The van der Waals surface area contributed by atoms with Crippen molar-refractivity contribution in [1.29, 1.82) is 0 Å². The molecule has 0 fully saturated rings. The molecule has 2 aromatic heterocycles. The van der Waals surface area contributed by atoms with E-state index in [2.05, 4.69) is 4.98 Å². The van der Waals surface area contributed by atoms with E-state index in [0.29, 0.717) is 22.8 Å². The predicted molar refractivity (Wildman–Crippen MR) is 120 cm³/mol. The molecule has 0 aromatic carbocycles. The second-order valence-electron chi connectivity index (χ2n) is 8.62. The molecule has 0 N–H and O–H groups in total. The van der Waals surface area contributed by atoms with Crippen LogP contribution in [0.5, 0.6) is 0 Å². The molecule has 158 valence electrons. The van der Waals surface area contributed by atoms with Crippen molar-refractivity contribution in [2.45, 2.75) is 68.2 Å². The Morgan fingerprint density at radius 2 is 1.57 bits per heavy atom. The van der Waals surface area contributed by atoms with E-state index in [1.54, 1.807) is 0 Å². The lowest BCUT2D eigenvalue weighted by Gasteiger charge is -2.34. The normalized spacial score (nSPS) is 17.8. The summed E-state index contributed by atoms with van der Waals surface area (Å²) in [6, 6.07) is 4.04. The zero-order valence-electron chi connectivity index (χ0n) is 19.2. The standard InChI is InChI=1S/C24H30BF2N3/c1-9-20-15(5)23-22(19-11-13(3)28-14(4)12-19)24-16(6)21(10-2)18(8)30(24)25(26,27)29(23)17(20)7/h11-12H,9-10H2,1-8H3. The van der Waals surface area contributed by atoms with Gasteiger partial charge in [0.15, 0.2) is 5.70 Å². The van der Waals surface area contributed by atoms with Crippen molar-refractivity contribution in [3.63, 3.8) is 0 Å². The quantitative estimate of drug-likeness (QED) is 0.580. The number of aryl methyl sites for hydroxylation is 2. The summed E-state index contributed by atoms with van der Waals surface area (Å²) in [7, 11) is 0. The highest BCUT2D eigenvalue weighted by molar-refractivity contribution is 6.58. The predicted octanol–water partition coefficient (Wildman–Crippen LogP) is 5.89. The van der Waals surface area contributed by atoms with Crippen molar-refractivity contribution >= 4 is 18.3 Å². The average Bonchev–Trinajstić information content (AvgIpc) is 3.06. The minimum atomic E-state index is -3.98. The highest BCUT2D eigenvalue weighted by Crippen LogP contribution is 2.47. The number of nitrogens with zero attached hydrogens (tertiary/aromatic N) is 3. The Labute approximate surface area is 177 Å². The summed E-state index contributed by atoms with van der Waals surface area (Å²) in [5.74, 6) is 0. The van der Waals surface area contributed by atoms with Crippen LogP contribution < -0.4 is 0 Å². The number of halogens is 2. The molecule has 0 radical (unpaired) electrons. The van der Waals surface area contributed by atoms with Crippen molar-refractivity contribution in [1.82, 2.24) is 9.46 Å². The van der Waals surface area contributed by atoms with Gasteiger partial charge in [0.25, 0.3) is 0 Å². The Kier molecular flexibility index (Phi) is 4.68. The molecule has 0 bridgehead atoms. The van der Waals surface area contributed by atoms with Crippen LogP contribution in [0.15, 0.2) is 29.0 Å². The highest BCUT2D eigenvalue weighted by atomic mass is 19.2. The summed E-state index contributed by atoms with van der Waals surface area (Å²) in [4.78, 5) is 4.52. The number of pyridine rings is 1. The van der Waals surface area contributed by atoms with Gasteiger partial charge in [-0.15, -0.1) is 0 Å². The Bertz CT molecular complexity index is 1180. The van der Waals surface area contributed by atoms with Crippen LogP contribution in [0, 0.1) is 27.7 Å². The van der Waals surface area contributed by atoms with Crippen molar-refractivity contribution in [2.24, 2.45) is 0 Å². The number of fused-ring (bicyclic) bond motifs is 2. The van der Waals surface area contributed by atoms with Crippen LogP contribution in [0.4, 0.5) is 8.63 Å². The zero-order chi connectivity index (χ0) is 22.1. The van der Waals surface area contributed by atoms with Crippen molar-refractivity contribution in [3.05, 3.63) is 68.4 Å². The maximum absolute atomic E-state index is 16.2. The summed E-state index contributed by atoms with van der Waals surface area (Å²) < 4.78 is 35.0. The van der Waals surface area contributed by atoms with Crippen molar-refractivity contribution < 1.29 is 13.1 Å². The lowest BCUT2D eigenvalue weighted by atomic mass is 9.83. The van der Waals surface area contributed by atoms with E-state index in [1.165, 1.54) is 8.96 Å². The van der Waals surface area contributed by atoms with Gasteiger partial charge in [0.1, 0.15) is 5.71 Å². The smallest absolute Gasteiger partial charge is 0.393 e. The zero-order valence-corrected chi connectivity index (χ0v) is 19.2. The Morgan fingerprint density at radius 1 is 0.967 bits per heavy atom. The number of aromatic nitrogens is 2. The fraction of sp³-hybridized carbons (Fsp3) is 0.417. The summed E-state index contributed by atoms with van der Waals surface area (Å²) in [5, 5.41) is 0. The Morgan fingerprint density at radius 3 is 2.10 bits per heavy atom. The van der Waals surface area contributed by atoms with Gasteiger partial charge in [0.05, 0.1) is 5.57 Å². The van der Waals surface area contributed by atoms with Gasteiger partial charge >= 0.3 is 6.97 Å². The van der Waals surface area contributed by atoms with Crippen molar-refractivity contribution in [2.75, 3.05) is 0 Å². The molecule has 4 rings (SSSR count). The molecule has 0 unspecified atom stereocenters. The molecular weight excluding hydrogens is 379 g/mol. The van der Waals surface area contributed by atoms with Crippen LogP contribution >= 0.6 is 0 Å². The van der Waals surface area contributed by atoms with Crippen LogP contribution in [-0.2, 0) is 6.42 Å². The lowest BCUT2D eigenvalue weighted by molar-refractivity contribution is -0.363. The first-order valence-electron chi connectivity index (χ1n) is 10.8. The van der Waals surface area contributed by atoms with E-state index in [9.17, 15) is 0 Å². The highest BCUT2D eigenvalue weighted by Gasteiger charge is 2.56. The average molecular weight is 409 g/mol. The van der Waals surface area contributed by atoms with Gasteiger partial charge in [-0.3, -0.25) is 4.98 Å². The van der Waals surface area contributed by atoms with E-state index >= 15 is 8.63 Å². The molecule has 3 nitrogen and oxygen atoms in total. The van der Waals surface area contributed by atoms with Crippen LogP contribution in [0.2, 0.25) is 0 Å². The van der Waals surface area contributed by atoms with E-state index in [-0.39, 0.29) is 0 Å². The van der Waals surface area contributed by atoms with Crippen LogP contribution in [0.3, 0.4) is 0 Å². The number of hydrogen-bond acceptors (Lipinski definition) is 1. The van der Waals surface area contributed by atoms with Crippen LogP contribution in [0.25, 0.3) is 5.57 Å². The van der Waals surface area contributed by atoms with Crippen LogP contribution in [0.1, 0.15) is 73.6 Å². The summed E-state index contributed by atoms with van der Waals surface area (Å²) in [6.07, 6.45) is 1.47. The van der Waals surface area contributed by atoms with Gasteiger partial charge in [0.2, 0.25) is 0 Å². The molecule has 0 atom stereocenters. The summed E-state index contributed by atoms with van der Waals surface area (Å²) in [5.41, 5.74) is 10.3. The summed E-state index contributed by atoms with van der Waals surface area (Å²) >= 11 is 0.